The predicted octanol–water partition coefficient (Wildman–Crippen LogP) is 2.41. The molecule has 29 heavy (non-hydrogen) atoms. The van der Waals surface area contributed by atoms with Crippen molar-refractivity contribution in [2.75, 3.05) is 27.2 Å². The van der Waals surface area contributed by atoms with Crippen molar-refractivity contribution in [1.29, 1.82) is 0 Å². The van der Waals surface area contributed by atoms with Gasteiger partial charge in [-0.3, -0.25) is 4.99 Å². The maximum atomic E-state index is 11.6. The summed E-state index contributed by atoms with van der Waals surface area (Å²) in [5.41, 5.74) is 2.98. The Hall–Kier alpha value is -1.85. The summed E-state index contributed by atoms with van der Waals surface area (Å²) in [4.78, 5) is 4.19. The van der Waals surface area contributed by atoms with Crippen molar-refractivity contribution in [3.63, 3.8) is 0 Å². The SMILES string of the molecule is CN=C(NCCOc1ccc(C)cc1)NCc1ccc(CS(=O)(=O)NC)cc1.I. The molecule has 0 aliphatic carbocycles. The summed E-state index contributed by atoms with van der Waals surface area (Å²) in [6.07, 6.45) is 0. The Balaban J connectivity index is 0.00000420. The zero-order valence-corrected chi connectivity index (χ0v) is 20.1. The number of guanidine groups is 1. The number of halogens is 1. The average molecular weight is 532 g/mol. The Morgan fingerprint density at radius 3 is 2.21 bits per heavy atom. The molecule has 0 aromatic heterocycles. The fourth-order valence-corrected chi connectivity index (χ4v) is 3.20. The zero-order valence-electron chi connectivity index (χ0n) is 16.9. The molecule has 9 heteroatoms. The van der Waals surface area contributed by atoms with E-state index in [1.807, 2.05) is 55.5 Å². The first-order chi connectivity index (χ1) is 13.4. The van der Waals surface area contributed by atoms with Gasteiger partial charge in [0, 0.05) is 13.6 Å². The normalized spacial score (nSPS) is 11.5. The molecule has 2 aromatic rings. The third-order valence-electron chi connectivity index (χ3n) is 4.06. The largest absolute Gasteiger partial charge is 0.492 e. The molecule has 0 amide bonds. The second-order valence-corrected chi connectivity index (χ2v) is 8.22. The molecule has 0 atom stereocenters. The minimum absolute atomic E-state index is 0. The summed E-state index contributed by atoms with van der Waals surface area (Å²) in [5.74, 6) is 1.49. The highest BCUT2D eigenvalue weighted by Crippen LogP contribution is 2.11. The molecule has 3 N–H and O–H groups in total. The quantitative estimate of drug-likeness (QED) is 0.200. The van der Waals surface area contributed by atoms with Crippen LogP contribution in [0.25, 0.3) is 0 Å². The van der Waals surface area contributed by atoms with Crippen molar-refractivity contribution in [3.8, 4) is 5.75 Å². The van der Waals surface area contributed by atoms with Gasteiger partial charge >= 0.3 is 0 Å². The third-order valence-corrected chi connectivity index (χ3v) is 5.39. The van der Waals surface area contributed by atoms with Gasteiger partial charge in [-0.25, -0.2) is 13.1 Å². The number of benzene rings is 2. The van der Waals surface area contributed by atoms with Gasteiger partial charge in [0.15, 0.2) is 5.96 Å². The van der Waals surface area contributed by atoms with Gasteiger partial charge in [0.05, 0.1) is 12.3 Å². The number of aliphatic imine (C=N–C) groups is 1. The molecule has 0 spiro atoms. The van der Waals surface area contributed by atoms with E-state index in [2.05, 4.69) is 20.3 Å². The summed E-state index contributed by atoms with van der Waals surface area (Å²) in [6.45, 7) is 3.77. The van der Waals surface area contributed by atoms with Gasteiger partial charge in [-0.2, -0.15) is 0 Å². The van der Waals surface area contributed by atoms with E-state index in [9.17, 15) is 8.42 Å². The van der Waals surface area contributed by atoms with Crippen LogP contribution >= 0.6 is 24.0 Å². The maximum Gasteiger partial charge on any atom is 0.215 e. The van der Waals surface area contributed by atoms with Crippen LogP contribution < -0.4 is 20.1 Å². The van der Waals surface area contributed by atoms with Crippen molar-refractivity contribution in [2.24, 2.45) is 4.99 Å². The van der Waals surface area contributed by atoms with E-state index in [1.54, 1.807) is 7.05 Å². The van der Waals surface area contributed by atoms with Crippen LogP contribution in [0.5, 0.6) is 5.75 Å². The standard InChI is InChI=1S/C20H28N4O3S.HI/c1-16-4-10-19(11-5-16)27-13-12-23-20(21-2)24-14-17-6-8-18(9-7-17)15-28(25,26)22-3;/h4-11,22H,12-15H2,1-3H3,(H2,21,23,24);1H. The van der Waals surface area contributed by atoms with Crippen molar-refractivity contribution >= 4 is 40.0 Å². The molecule has 0 aliphatic heterocycles. The van der Waals surface area contributed by atoms with Crippen molar-refractivity contribution in [1.82, 2.24) is 15.4 Å². The lowest BCUT2D eigenvalue weighted by Crippen LogP contribution is -2.38. The lowest BCUT2D eigenvalue weighted by molar-refractivity contribution is 0.322. The van der Waals surface area contributed by atoms with E-state index in [0.29, 0.717) is 25.7 Å². The van der Waals surface area contributed by atoms with Crippen LogP contribution in [0.2, 0.25) is 0 Å². The fourth-order valence-electron chi connectivity index (χ4n) is 2.42. The third kappa shape index (κ3) is 9.46. The van der Waals surface area contributed by atoms with Crippen molar-refractivity contribution < 1.29 is 13.2 Å². The van der Waals surface area contributed by atoms with Gasteiger partial charge in [0.25, 0.3) is 0 Å². The highest BCUT2D eigenvalue weighted by molar-refractivity contribution is 14.0. The molecule has 0 heterocycles. The molecule has 0 aliphatic rings. The fraction of sp³-hybridized carbons (Fsp3) is 0.350. The Bertz CT molecular complexity index is 870. The molecule has 0 unspecified atom stereocenters. The van der Waals surface area contributed by atoms with Crippen LogP contribution in [0, 0.1) is 6.92 Å². The summed E-state index contributed by atoms with van der Waals surface area (Å²) >= 11 is 0. The molecular formula is C20H29IN4O3S. The summed E-state index contributed by atoms with van der Waals surface area (Å²) in [6, 6.07) is 15.4. The van der Waals surface area contributed by atoms with Gasteiger partial charge in [0.2, 0.25) is 10.0 Å². The smallest absolute Gasteiger partial charge is 0.215 e. The first kappa shape index (κ1) is 25.2. The van der Waals surface area contributed by atoms with Crippen LogP contribution in [0.1, 0.15) is 16.7 Å². The Labute approximate surface area is 190 Å². The topological polar surface area (TPSA) is 91.8 Å². The number of aryl methyl sites for hydroxylation is 1. The Morgan fingerprint density at radius 1 is 1.00 bits per heavy atom. The van der Waals surface area contributed by atoms with Crippen LogP contribution in [0.3, 0.4) is 0 Å². The number of sulfonamides is 1. The number of nitrogens with one attached hydrogen (secondary N) is 3. The monoisotopic (exact) mass is 532 g/mol. The molecular weight excluding hydrogens is 503 g/mol. The number of ether oxygens (including phenoxy) is 1. The van der Waals surface area contributed by atoms with E-state index in [1.165, 1.54) is 12.6 Å². The highest BCUT2D eigenvalue weighted by atomic mass is 127. The van der Waals surface area contributed by atoms with E-state index in [-0.39, 0.29) is 29.7 Å². The zero-order chi connectivity index (χ0) is 20.4. The number of hydrogen-bond acceptors (Lipinski definition) is 4. The molecule has 2 aromatic carbocycles. The maximum absolute atomic E-state index is 11.6. The average Bonchev–Trinajstić information content (AvgIpc) is 2.69. The highest BCUT2D eigenvalue weighted by Gasteiger charge is 2.08. The van der Waals surface area contributed by atoms with Crippen LogP contribution in [-0.4, -0.2) is 41.6 Å². The van der Waals surface area contributed by atoms with Gasteiger partial charge in [0.1, 0.15) is 12.4 Å². The summed E-state index contributed by atoms with van der Waals surface area (Å²) < 4.78 is 31.2. The molecule has 160 valence electrons. The summed E-state index contributed by atoms with van der Waals surface area (Å²) in [7, 11) is -0.132. The summed E-state index contributed by atoms with van der Waals surface area (Å²) in [5, 5.41) is 6.42. The molecule has 0 saturated heterocycles. The van der Waals surface area contributed by atoms with E-state index < -0.39 is 10.0 Å². The minimum Gasteiger partial charge on any atom is -0.492 e. The van der Waals surface area contributed by atoms with Gasteiger partial charge < -0.3 is 15.4 Å². The molecule has 0 saturated carbocycles. The van der Waals surface area contributed by atoms with Gasteiger partial charge in [-0.15, -0.1) is 24.0 Å². The van der Waals surface area contributed by atoms with Gasteiger partial charge in [-0.1, -0.05) is 42.0 Å². The molecule has 0 fully saturated rings. The molecule has 0 bridgehead atoms. The second-order valence-electron chi connectivity index (χ2n) is 6.29. The van der Waals surface area contributed by atoms with Crippen LogP contribution in [0.4, 0.5) is 0 Å². The molecule has 2 rings (SSSR count). The Morgan fingerprint density at radius 2 is 1.62 bits per heavy atom. The van der Waals surface area contributed by atoms with Crippen LogP contribution in [0.15, 0.2) is 53.5 Å². The molecule has 7 nitrogen and oxygen atoms in total. The van der Waals surface area contributed by atoms with E-state index in [0.717, 1.165) is 16.9 Å². The van der Waals surface area contributed by atoms with Gasteiger partial charge in [-0.05, 0) is 37.2 Å². The van der Waals surface area contributed by atoms with Crippen molar-refractivity contribution in [2.45, 2.75) is 19.2 Å². The van der Waals surface area contributed by atoms with E-state index in [4.69, 9.17) is 4.74 Å². The molecule has 0 radical (unpaired) electrons. The number of nitrogens with zero attached hydrogens (tertiary/aromatic N) is 1. The lowest BCUT2D eigenvalue weighted by Gasteiger charge is -2.13. The Kier molecular flexibility index (Phi) is 11.0. The lowest BCUT2D eigenvalue weighted by atomic mass is 10.1. The first-order valence-electron chi connectivity index (χ1n) is 9.05. The first-order valence-corrected chi connectivity index (χ1v) is 10.7. The van der Waals surface area contributed by atoms with Crippen molar-refractivity contribution in [3.05, 3.63) is 65.2 Å². The number of rotatable bonds is 9. The second kappa shape index (κ2) is 12.7. The van der Waals surface area contributed by atoms with Crippen LogP contribution in [-0.2, 0) is 22.3 Å². The number of hydrogen-bond donors (Lipinski definition) is 3. The minimum atomic E-state index is -3.26. The predicted molar refractivity (Wildman–Crippen MR) is 128 cm³/mol. The van der Waals surface area contributed by atoms with E-state index >= 15 is 0 Å².